The maximum absolute atomic E-state index is 12.9. The topological polar surface area (TPSA) is 18.5 Å². The Balaban J connectivity index is 3.25. The van der Waals surface area contributed by atoms with Crippen molar-refractivity contribution in [2.24, 2.45) is 0 Å². The highest BCUT2D eigenvalue weighted by atomic mass is 35.5. The fourth-order valence-corrected chi connectivity index (χ4v) is 1.35. The number of benzene rings is 1. The van der Waals surface area contributed by atoms with Gasteiger partial charge in [0.25, 0.3) is 0 Å². The number of methoxy groups -OCH3 is 2. The summed E-state index contributed by atoms with van der Waals surface area (Å²) in [5.41, 5.74) is 0.660. The maximum atomic E-state index is 12.9. The molecule has 0 saturated heterocycles. The van der Waals surface area contributed by atoms with E-state index in [1.54, 1.807) is 0 Å². The van der Waals surface area contributed by atoms with Gasteiger partial charge in [-0.2, -0.15) is 0 Å². The summed E-state index contributed by atoms with van der Waals surface area (Å²) in [5, 5.41) is 0. The van der Waals surface area contributed by atoms with Gasteiger partial charge in [0.2, 0.25) is 0 Å². The summed E-state index contributed by atoms with van der Waals surface area (Å²) in [6, 6.07) is 2.56. The van der Waals surface area contributed by atoms with Crippen molar-refractivity contribution in [3.63, 3.8) is 0 Å². The molecule has 0 fully saturated rings. The summed E-state index contributed by atoms with van der Waals surface area (Å²) in [7, 11) is 2.93. The van der Waals surface area contributed by atoms with E-state index in [0.717, 1.165) is 0 Å². The highest BCUT2D eigenvalue weighted by Crippen LogP contribution is 2.31. The van der Waals surface area contributed by atoms with Gasteiger partial charge in [0.1, 0.15) is 17.3 Å². The number of hydrogen-bond acceptors (Lipinski definition) is 2. The van der Waals surface area contributed by atoms with Crippen LogP contribution in [0.1, 0.15) is 5.56 Å². The molecule has 4 heteroatoms. The Labute approximate surface area is 81.2 Å². The van der Waals surface area contributed by atoms with Gasteiger partial charge in [-0.25, -0.2) is 4.39 Å². The van der Waals surface area contributed by atoms with Crippen molar-refractivity contribution in [3.05, 3.63) is 23.5 Å². The third-order valence-corrected chi connectivity index (χ3v) is 1.97. The van der Waals surface area contributed by atoms with E-state index in [0.29, 0.717) is 17.1 Å². The van der Waals surface area contributed by atoms with E-state index >= 15 is 0 Å². The Morgan fingerprint density at radius 3 is 2.00 bits per heavy atom. The van der Waals surface area contributed by atoms with Crippen LogP contribution in [-0.2, 0) is 5.88 Å². The van der Waals surface area contributed by atoms with Crippen LogP contribution in [0.4, 0.5) is 4.39 Å². The fourth-order valence-electron chi connectivity index (χ4n) is 1.08. The molecule has 0 saturated carbocycles. The molecule has 0 N–H and O–H groups in total. The van der Waals surface area contributed by atoms with E-state index in [4.69, 9.17) is 21.1 Å². The molecule has 0 unspecified atom stereocenters. The summed E-state index contributed by atoms with van der Waals surface area (Å²) >= 11 is 5.66. The first-order valence-electron chi connectivity index (χ1n) is 3.69. The molecule has 0 aliphatic heterocycles. The molecule has 1 aromatic carbocycles. The molecule has 72 valence electrons. The molecule has 0 heterocycles. The minimum Gasteiger partial charge on any atom is -0.496 e. The Hall–Kier alpha value is -0.960. The molecule has 2 nitrogen and oxygen atoms in total. The van der Waals surface area contributed by atoms with E-state index < -0.39 is 5.82 Å². The molecule has 1 aromatic rings. The third kappa shape index (κ3) is 2.04. The SMILES string of the molecule is COc1cc(F)cc(OC)c1CCl. The number of rotatable bonds is 3. The molecule has 0 amide bonds. The van der Waals surface area contributed by atoms with Crippen molar-refractivity contribution >= 4 is 11.6 Å². The lowest BCUT2D eigenvalue weighted by molar-refractivity contribution is 0.382. The van der Waals surface area contributed by atoms with Gasteiger partial charge in [0, 0.05) is 12.1 Å². The second kappa shape index (κ2) is 4.33. The van der Waals surface area contributed by atoms with Gasteiger partial charge in [-0.05, 0) is 0 Å². The van der Waals surface area contributed by atoms with Crippen LogP contribution in [0.25, 0.3) is 0 Å². The van der Waals surface area contributed by atoms with Crippen molar-refractivity contribution in [3.8, 4) is 11.5 Å². The number of hydrogen-bond donors (Lipinski definition) is 0. The van der Waals surface area contributed by atoms with E-state index in [1.165, 1.54) is 26.4 Å². The quantitative estimate of drug-likeness (QED) is 0.705. The highest BCUT2D eigenvalue weighted by Gasteiger charge is 2.10. The zero-order valence-electron chi connectivity index (χ0n) is 7.43. The van der Waals surface area contributed by atoms with Crippen LogP contribution in [0.3, 0.4) is 0 Å². The molecule has 0 aliphatic carbocycles. The Bertz CT molecular complexity index is 277. The van der Waals surface area contributed by atoms with Crippen LogP contribution < -0.4 is 9.47 Å². The predicted molar refractivity (Wildman–Crippen MR) is 49.1 cm³/mol. The smallest absolute Gasteiger partial charge is 0.130 e. The second-order valence-electron chi connectivity index (χ2n) is 2.42. The summed E-state index contributed by atoms with van der Waals surface area (Å²) < 4.78 is 22.8. The van der Waals surface area contributed by atoms with Crippen molar-refractivity contribution in [1.82, 2.24) is 0 Å². The van der Waals surface area contributed by atoms with E-state index in [9.17, 15) is 4.39 Å². The van der Waals surface area contributed by atoms with Crippen LogP contribution in [0.5, 0.6) is 11.5 Å². The van der Waals surface area contributed by atoms with Gasteiger partial charge < -0.3 is 9.47 Å². The van der Waals surface area contributed by atoms with E-state index in [-0.39, 0.29) is 5.88 Å². The first-order chi connectivity index (χ1) is 6.22. The van der Waals surface area contributed by atoms with Crippen molar-refractivity contribution < 1.29 is 13.9 Å². The fraction of sp³-hybridized carbons (Fsp3) is 0.333. The normalized spacial score (nSPS) is 9.85. The monoisotopic (exact) mass is 204 g/mol. The lowest BCUT2D eigenvalue weighted by atomic mass is 10.2. The molecule has 0 aromatic heterocycles. The average molecular weight is 205 g/mol. The molecule has 1 rings (SSSR count). The first kappa shape index (κ1) is 10.1. The van der Waals surface area contributed by atoms with Crippen molar-refractivity contribution in [2.75, 3.05) is 14.2 Å². The van der Waals surface area contributed by atoms with E-state index in [2.05, 4.69) is 0 Å². The van der Waals surface area contributed by atoms with Crippen molar-refractivity contribution in [1.29, 1.82) is 0 Å². The van der Waals surface area contributed by atoms with Gasteiger partial charge >= 0.3 is 0 Å². The molecule has 0 spiro atoms. The van der Waals surface area contributed by atoms with Crippen LogP contribution in [0, 0.1) is 5.82 Å². The summed E-state index contributed by atoms with van der Waals surface area (Å²) in [4.78, 5) is 0. The van der Waals surface area contributed by atoms with Gasteiger partial charge in [0.15, 0.2) is 0 Å². The number of ether oxygens (including phenoxy) is 2. The molecular formula is C9H10ClFO2. The first-order valence-corrected chi connectivity index (χ1v) is 4.22. The standard InChI is InChI=1S/C9H10ClFO2/c1-12-8-3-6(11)4-9(13-2)7(8)5-10/h3-4H,5H2,1-2H3. The molecule has 13 heavy (non-hydrogen) atoms. The molecular weight excluding hydrogens is 195 g/mol. The van der Waals surface area contributed by atoms with Crippen molar-refractivity contribution in [2.45, 2.75) is 5.88 Å². The predicted octanol–water partition coefficient (Wildman–Crippen LogP) is 2.58. The largest absolute Gasteiger partial charge is 0.496 e. The minimum atomic E-state index is -0.400. The second-order valence-corrected chi connectivity index (χ2v) is 2.69. The number of alkyl halides is 1. The summed E-state index contributed by atoms with van der Waals surface area (Å²) in [6.45, 7) is 0. The lowest BCUT2D eigenvalue weighted by Crippen LogP contribution is -1.95. The highest BCUT2D eigenvalue weighted by molar-refractivity contribution is 6.17. The van der Waals surface area contributed by atoms with Crippen LogP contribution in [-0.4, -0.2) is 14.2 Å². The molecule has 0 aliphatic rings. The Morgan fingerprint density at radius 1 is 1.23 bits per heavy atom. The molecule has 0 bridgehead atoms. The summed E-state index contributed by atoms with van der Waals surface area (Å²) in [5.74, 6) is 0.647. The maximum Gasteiger partial charge on any atom is 0.130 e. The van der Waals surface area contributed by atoms with Gasteiger partial charge in [0.05, 0.1) is 25.7 Å². The third-order valence-electron chi connectivity index (χ3n) is 1.71. The zero-order chi connectivity index (χ0) is 9.84. The minimum absolute atomic E-state index is 0.229. The average Bonchev–Trinajstić information content (AvgIpc) is 2.16. The van der Waals surface area contributed by atoms with Crippen LogP contribution >= 0.6 is 11.6 Å². The lowest BCUT2D eigenvalue weighted by Gasteiger charge is -2.10. The van der Waals surface area contributed by atoms with Gasteiger partial charge in [-0.15, -0.1) is 11.6 Å². The Kier molecular flexibility index (Phi) is 3.37. The van der Waals surface area contributed by atoms with Gasteiger partial charge in [-0.1, -0.05) is 0 Å². The summed E-state index contributed by atoms with van der Waals surface area (Å²) in [6.07, 6.45) is 0. The molecule has 0 atom stereocenters. The van der Waals surface area contributed by atoms with E-state index in [1.807, 2.05) is 0 Å². The van der Waals surface area contributed by atoms with Crippen LogP contribution in [0.2, 0.25) is 0 Å². The Morgan fingerprint density at radius 2 is 1.69 bits per heavy atom. The van der Waals surface area contributed by atoms with Crippen LogP contribution in [0.15, 0.2) is 12.1 Å². The molecule has 0 radical (unpaired) electrons. The number of halogens is 2. The zero-order valence-corrected chi connectivity index (χ0v) is 8.19. The van der Waals surface area contributed by atoms with Gasteiger partial charge in [-0.3, -0.25) is 0 Å².